The van der Waals surface area contributed by atoms with Gasteiger partial charge in [-0.25, -0.2) is 0 Å². The first-order valence-corrected chi connectivity index (χ1v) is 7.57. The minimum atomic E-state index is 0.388. The molecule has 1 aliphatic heterocycles. The van der Waals surface area contributed by atoms with Crippen LogP contribution in [-0.2, 0) is 6.54 Å². The standard InChI is InChI=1S/C19H19NO2/c1-20-11-15-10-19-14(7-8-22-19)9-17(15)18(12-20)13-3-5-16(21-2)6-4-13/h3-10,18H,11-12H2,1-2H3. The third-order valence-electron chi connectivity index (χ3n) is 4.54. The molecule has 3 aromatic rings. The molecule has 1 aliphatic rings. The molecular formula is C19H19NO2. The second-order valence-electron chi connectivity index (χ2n) is 6.03. The zero-order chi connectivity index (χ0) is 15.1. The smallest absolute Gasteiger partial charge is 0.134 e. The van der Waals surface area contributed by atoms with Crippen LogP contribution < -0.4 is 4.74 Å². The van der Waals surface area contributed by atoms with Crippen LogP contribution in [0.4, 0.5) is 0 Å². The molecule has 3 nitrogen and oxygen atoms in total. The number of hydrogen-bond acceptors (Lipinski definition) is 3. The molecule has 2 aromatic carbocycles. The predicted octanol–water partition coefficient (Wildman–Crippen LogP) is 4.02. The van der Waals surface area contributed by atoms with Gasteiger partial charge in [0.1, 0.15) is 11.3 Å². The summed E-state index contributed by atoms with van der Waals surface area (Å²) in [7, 11) is 3.88. The molecule has 0 amide bonds. The number of methoxy groups -OCH3 is 1. The summed E-state index contributed by atoms with van der Waals surface area (Å²) < 4.78 is 10.8. The Bertz CT molecular complexity index is 804. The third-order valence-corrected chi connectivity index (χ3v) is 4.54. The normalized spacial score (nSPS) is 18.4. The third kappa shape index (κ3) is 2.18. The number of furan rings is 1. The Labute approximate surface area is 130 Å². The highest BCUT2D eigenvalue weighted by Gasteiger charge is 2.25. The Kier molecular flexibility index (Phi) is 3.16. The first-order chi connectivity index (χ1) is 10.7. The van der Waals surface area contributed by atoms with Crippen LogP contribution in [-0.4, -0.2) is 25.6 Å². The average molecular weight is 293 g/mol. The fraction of sp³-hybridized carbons (Fsp3) is 0.263. The zero-order valence-electron chi connectivity index (χ0n) is 12.9. The first-order valence-electron chi connectivity index (χ1n) is 7.57. The van der Waals surface area contributed by atoms with Crippen LogP contribution in [0.3, 0.4) is 0 Å². The fourth-order valence-electron chi connectivity index (χ4n) is 3.42. The van der Waals surface area contributed by atoms with E-state index >= 15 is 0 Å². The Morgan fingerprint density at radius 3 is 2.73 bits per heavy atom. The molecule has 0 spiro atoms. The van der Waals surface area contributed by atoms with Crippen molar-refractivity contribution < 1.29 is 9.15 Å². The summed E-state index contributed by atoms with van der Waals surface area (Å²) >= 11 is 0. The molecule has 2 heterocycles. The summed E-state index contributed by atoms with van der Waals surface area (Å²) in [6.45, 7) is 2.00. The van der Waals surface area contributed by atoms with Gasteiger partial charge in [-0.3, -0.25) is 0 Å². The first kappa shape index (κ1) is 13.4. The topological polar surface area (TPSA) is 25.6 Å². The SMILES string of the molecule is COc1ccc(C2CN(C)Cc3cc4occc4cc32)cc1. The van der Waals surface area contributed by atoms with Gasteiger partial charge in [-0.05, 0) is 54.1 Å². The van der Waals surface area contributed by atoms with Crippen LogP contribution >= 0.6 is 0 Å². The number of hydrogen-bond donors (Lipinski definition) is 0. The molecule has 1 unspecified atom stereocenters. The van der Waals surface area contributed by atoms with Gasteiger partial charge in [0.25, 0.3) is 0 Å². The summed E-state index contributed by atoms with van der Waals surface area (Å²) in [5.41, 5.74) is 5.08. The summed E-state index contributed by atoms with van der Waals surface area (Å²) in [6.07, 6.45) is 1.77. The quantitative estimate of drug-likeness (QED) is 0.713. The van der Waals surface area contributed by atoms with Crippen molar-refractivity contribution in [1.82, 2.24) is 4.90 Å². The van der Waals surface area contributed by atoms with E-state index in [1.54, 1.807) is 13.4 Å². The van der Waals surface area contributed by atoms with Gasteiger partial charge in [0, 0.05) is 24.4 Å². The van der Waals surface area contributed by atoms with E-state index in [1.165, 1.54) is 22.1 Å². The minimum Gasteiger partial charge on any atom is -0.497 e. The molecule has 0 aliphatic carbocycles. The van der Waals surface area contributed by atoms with Crippen molar-refractivity contribution in [2.24, 2.45) is 0 Å². The maximum atomic E-state index is 5.56. The Morgan fingerprint density at radius 1 is 1.14 bits per heavy atom. The second-order valence-corrected chi connectivity index (χ2v) is 6.03. The molecular weight excluding hydrogens is 274 g/mol. The second kappa shape index (κ2) is 5.18. The van der Waals surface area contributed by atoms with Gasteiger partial charge in [-0.2, -0.15) is 0 Å². The van der Waals surface area contributed by atoms with Crippen molar-refractivity contribution in [2.75, 3.05) is 20.7 Å². The number of likely N-dealkylation sites (N-methyl/N-ethyl adjacent to an activating group) is 1. The number of benzene rings is 2. The van der Waals surface area contributed by atoms with Gasteiger partial charge in [-0.1, -0.05) is 12.1 Å². The average Bonchev–Trinajstić information content (AvgIpc) is 2.99. The predicted molar refractivity (Wildman–Crippen MR) is 87.4 cm³/mol. The van der Waals surface area contributed by atoms with Crippen LogP contribution in [0.15, 0.2) is 53.1 Å². The van der Waals surface area contributed by atoms with E-state index in [-0.39, 0.29) is 0 Å². The lowest BCUT2D eigenvalue weighted by Gasteiger charge is -2.32. The van der Waals surface area contributed by atoms with E-state index in [2.05, 4.69) is 36.2 Å². The van der Waals surface area contributed by atoms with E-state index in [1.807, 2.05) is 18.2 Å². The molecule has 3 heteroatoms. The van der Waals surface area contributed by atoms with E-state index in [0.29, 0.717) is 5.92 Å². The van der Waals surface area contributed by atoms with Crippen molar-refractivity contribution in [1.29, 1.82) is 0 Å². The molecule has 1 atom stereocenters. The number of rotatable bonds is 2. The van der Waals surface area contributed by atoms with Crippen molar-refractivity contribution in [3.8, 4) is 5.75 Å². The highest BCUT2D eigenvalue weighted by atomic mass is 16.5. The number of fused-ring (bicyclic) bond motifs is 2. The zero-order valence-corrected chi connectivity index (χ0v) is 12.9. The molecule has 0 bridgehead atoms. The van der Waals surface area contributed by atoms with Crippen LogP contribution in [0.5, 0.6) is 5.75 Å². The van der Waals surface area contributed by atoms with E-state index in [9.17, 15) is 0 Å². The summed E-state index contributed by atoms with van der Waals surface area (Å²) in [6, 6.07) is 14.9. The van der Waals surface area contributed by atoms with Gasteiger partial charge in [0.2, 0.25) is 0 Å². The van der Waals surface area contributed by atoms with Gasteiger partial charge in [0.15, 0.2) is 0 Å². The van der Waals surface area contributed by atoms with Crippen LogP contribution in [0.2, 0.25) is 0 Å². The Morgan fingerprint density at radius 2 is 1.95 bits per heavy atom. The maximum Gasteiger partial charge on any atom is 0.134 e. The molecule has 4 rings (SSSR count). The molecule has 112 valence electrons. The van der Waals surface area contributed by atoms with E-state index in [0.717, 1.165) is 24.4 Å². The Balaban J connectivity index is 1.82. The highest BCUT2D eigenvalue weighted by molar-refractivity contribution is 5.79. The lowest BCUT2D eigenvalue weighted by atomic mass is 9.84. The van der Waals surface area contributed by atoms with Crippen molar-refractivity contribution in [2.45, 2.75) is 12.5 Å². The monoisotopic (exact) mass is 293 g/mol. The molecule has 1 aromatic heterocycles. The van der Waals surface area contributed by atoms with Crippen molar-refractivity contribution in [3.05, 3.63) is 65.4 Å². The molecule has 0 fully saturated rings. The van der Waals surface area contributed by atoms with Gasteiger partial charge >= 0.3 is 0 Å². The van der Waals surface area contributed by atoms with Gasteiger partial charge in [-0.15, -0.1) is 0 Å². The van der Waals surface area contributed by atoms with Gasteiger partial charge < -0.3 is 14.1 Å². The summed E-state index contributed by atoms with van der Waals surface area (Å²) in [5, 5.41) is 1.18. The number of nitrogens with zero attached hydrogens (tertiary/aromatic N) is 1. The van der Waals surface area contributed by atoms with E-state index < -0.39 is 0 Å². The van der Waals surface area contributed by atoms with Crippen LogP contribution in [0, 0.1) is 0 Å². The van der Waals surface area contributed by atoms with E-state index in [4.69, 9.17) is 9.15 Å². The highest BCUT2D eigenvalue weighted by Crippen LogP contribution is 2.36. The lowest BCUT2D eigenvalue weighted by molar-refractivity contribution is 0.295. The lowest BCUT2D eigenvalue weighted by Crippen LogP contribution is -2.30. The molecule has 0 radical (unpaired) electrons. The van der Waals surface area contributed by atoms with Gasteiger partial charge in [0.05, 0.1) is 13.4 Å². The Hall–Kier alpha value is -2.26. The minimum absolute atomic E-state index is 0.388. The summed E-state index contributed by atoms with van der Waals surface area (Å²) in [4.78, 5) is 2.37. The molecule has 22 heavy (non-hydrogen) atoms. The molecule has 0 saturated carbocycles. The van der Waals surface area contributed by atoms with Crippen molar-refractivity contribution >= 4 is 11.0 Å². The largest absolute Gasteiger partial charge is 0.497 e. The van der Waals surface area contributed by atoms with Crippen LogP contribution in [0.1, 0.15) is 22.6 Å². The molecule has 0 saturated heterocycles. The maximum absolute atomic E-state index is 5.56. The van der Waals surface area contributed by atoms with Crippen LogP contribution in [0.25, 0.3) is 11.0 Å². The summed E-state index contributed by atoms with van der Waals surface area (Å²) in [5.74, 6) is 1.29. The fourth-order valence-corrected chi connectivity index (χ4v) is 3.42. The molecule has 0 N–H and O–H groups in total. The number of ether oxygens (including phenoxy) is 1. The van der Waals surface area contributed by atoms with Crippen molar-refractivity contribution in [3.63, 3.8) is 0 Å².